The molecule has 0 spiro atoms. The van der Waals surface area contributed by atoms with Crippen LogP contribution in [0, 0.1) is 5.92 Å². The van der Waals surface area contributed by atoms with E-state index in [9.17, 15) is 0 Å². The predicted molar refractivity (Wildman–Crippen MR) is 117 cm³/mol. The quantitative estimate of drug-likeness (QED) is 0.404. The van der Waals surface area contributed by atoms with E-state index in [2.05, 4.69) is 79.0 Å². The van der Waals surface area contributed by atoms with Gasteiger partial charge in [-0.05, 0) is 54.9 Å². The first-order chi connectivity index (χ1) is 12.7. The Bertz CT molecular complexity index is 609. The Labute approximate surface area is 164 Å². The van der Waals surface area contributed by atoms with Crippen molar-refractivity contribution in [3.8, 4) is 0 Å². The minimum absolute atomic E-state index is 0.810. The Morgan fingerprint density at radius 3 is 2.15 bits per heavy atom. The number of thioether (sulfide) groups is 1. The summed E-state index contributed by atoms with van der Waals surface area (Å²) >= 11 is 2.07. The van der Waals surface area contributed by atoms with Gasteiger partial charge in [-0.15, -0.1) is 0 Å². The van der Waals surface area contributed by atoms with Crippen molar-refractivity contribution in [3.63, 3.8) is 0 Å². The predicted octanol–water partition coefficient (Wildman–Crippen LogP) is 6.59. The largest absolute Gasteiger partial charge is 0.403 e. The summed E-state index contributed by atoms with van der Waals surface area (Å²) in [4.78, 5) is 0. The van der Waals surface area contributed by atoms with Crippen molar-refractivity contribution in [2.24, 2.45) is 11.7 Å². The van der Waals surface area contributed by atoms with E-state index in [1.807, 2.05) is 0 Å². The van der Waals surface area contributed by atoms with Gasteiger partial charge in [0.15, 0.2) is 0 Å². The molecule has 26 heavy (non-hydrogen) atoms. The molecule has 1 nitrogen and oxygen atoms in total. The number of rotatable bonds is 13. The average Bonchev–Trinajstić information content (AvgIpc) is 2.67. The molecule has 2 aromatic rings. The summed E-state index contributed by atoms with van der Waals surface area (Å²) in [7, 11) is 0. The molecule has 2 rings (SSSR count). The third-order valence-corrected chi connectivity index (χ3v) is 5.89. The van der Waals surface area contributed by atoms with Gasteiger partial charge in [0.05, 0.1) is 0 Å². The Balaban J connectivity index is 1.72. The lowest BCUT2D eigenvalue weighted by atomic mass is 9.92. The average molecular weight is 368 g/mol. The molecule has 2 heteroatoms. The highest BCUT2D eigenvalue weighted by Crippen LogP contribution is 2.24. The summed E-state index contributed by atoms with van der Waals surface area (Å²) < 4.78 is 0. The summed E-state index contributed by atoms with van der Waals surface area (Å²) in [5.41, 5.74) is 9.42. The number of hydrogen-bond donors (Lipinski definition) is 1. The maximum Gasteiger partial charge on any atom is 0.0184 e. The molecule has 0 saturated carbocycles. The van der Waals surface area contributed by atoms with E-state index in [4.69, 9.17) is 5.73 Å². The van der Waals surface area contributed by atoms with Gasteiger partial charge < -0.3 is 5.73 Å². The van der Waals surface area contributed by atoms with Crippen LogP contribution in [0.15, 0.2) is 72.9 Å². The minimum atomic E-state index is 0.810. The standard InChI is InChI=1S/C24H33NS/c1-21(25)10-8-9-13-23(17-16-22-11-4-2-5-12-22)18-19-26-20-24-14-6-3-7-15-24/h2-7,11-12,14-15,23H,1,8-10,13,16-20,25H2. The molecule has 0 fully saturated rings. The molecule has 0 amide bonds. The molecular formula is C24H33NS. The smallest absolute Gasteiger partial charge is 0.0184 e. The summed E-state index contributed by atoms with van der Waals surface area (Å²) in [6.07, 6.45) is 8.51. The van der Waals surface area contributed by atoms with Gasteiger partial charge in [-0.2, -0.15) is 11.8 Å². The Morgan fingerprint density at radius 2 is 1.50 bits per heavy atom. The van der Waals surface area contributed by atoms with Gasteiger partial charge in [0, 0.05) is 11.4 Å². The minimum Gasteiger partial charge on any atom is -0.403 e. The molecule has 0 aliphatic heterocycles. The summed E-state index contributed by atoms with van der Waals surface area (Å²) in [5, 5.41) is 0. The molecule has 1 atom stereocenters. The highest BCUT2D eigenvalue weighted by molar-refractivity contribution is 7.98. The molecule has 0 aliphatic rings. The Hall–Kier alpha value is -1.67. The van der Waals surface area contributed by atoms with E-state index < -0.39 is 0 Å². The molecule has 0 bridgehead atoms. The molecule has 0 saturated heterocycles. The third-order valence-electron chi connectivity index (χ3n) is 4.83. The number of hydrogen-bond acceptors (Lipinski definition) is 2. The fraction of sp³-hybridized carbons (Fsp3) is 0.417. The second-order valence-corrected chi connectivity index (χ2v) is 8.23. The summed E-state index contributed by atoms with van der Waals surface area (Å²) in [6.45, 7) is 3.81. The van der Waals surface area contributed by atoms with Crippen LogP contribution in [-0.2, 0) is 12.2 Å². The van der Waals surface area contributed by atoms with E-state index in [1.54, 1.807) is 0 Å². The highest BCUT2D eigenvalue weighted by atomic mass is 32.2. The van der Waals surface area contributed by atoms with Crippen molar-refractivity contribution >= 4 is 11.8 Å². The normalized spacial score (nSPS) is 12.0. The van der Waals surface area contributed by atoms with Gasteiger partial charge in [0.1, 0.15) is 0 Å². The van der Waals surface area contributed by atoms with Crippen LogP contribution in [0.4, 0.5) is 0 Å². The second kappa shape index (κ2) is 12.6. The molecule has 0 aromatic heterocycles. The molecule has 140 valence electrons. The SMILES string of the molecule is C=C(N)CCCCC(CCSCc1ccccc1)CCc1ccccc1. The number of aryl methyl sites for hydroxylation is 1. The van der Waals surface area contributed by atoms with E-state index in [-0.39, 0.29) is 0 Å². The first-order valence-corrected chi connectivity index (χ1v) is 11.0. The lowest BCUT2D eigenvalue weighted by Gasteiger charge is -2.17. The van der Waals surface area contributed by atoms with E-state index in [0.29, 0.717) is 0 Å². The van der Waals surface area contributed by atoms with Gasteiger partial charge in [0.25, 0.3) is 0 Å². The second-order valence-electron chi connectivity index (χ2n) is 7.12. The number of nitrogens with two attached hydrogens (primary N) is 1. The fourth-order valence-electron chi connectivity index (χ4n) is 3.25. The van der Waals surface area contributed by atoms with Crippen LogP contribution in [-0.4, -0.2) is 5.75 Å². The monoisotopic (exact) mass is 367 g/mol. The zero-order valence-electron chi connectivity index (χ0n) is 15.9. The van der Waals surface area contributed by atoms with E-state index in [0.717, 1.165) is 23.8 Å². The van der Waals surface area contributed by atoms with Crippen molar-refractivity contribution in [2.75, 3.05) is 5.75 Å². The van der Waals surface area contributed by atoms with E-state index in [1.165, 1.54) is 55.4 Å². The van der Waals surface area contributed by atoms with Crippen molar-refractivity contribution in [1.82, 2.24) is 0 Å². The summed E-state index contributed by atoms with van der Waals surface area (Å²) in [5.74, 6) is 3.18. The van der Waals surface area contributed by atoms with Gasteiger partial charge in [-0.25, -0.2) is 0 Å². The van der Waals surface area contributed by atoms with Crippen LogP contribution in [0.5, 0.6) is 0 Å². The van der Waals surface area contributed by atoms with Crippen LogP contribution >= 0.6 is 11.8 Å². The lowest BCUT2D eigenvalue weighted by molar-refractivity contribution is 0.420. The number of benzene rings is 2. The van der Waals surface area contributed by atoms with Crippen molar-refractivity contribution < 1.29 is 0 Å². The molecule has 2 aromatic carbocycles. The molecule has 0 radical (unpaired) electrons. The number of unbranched alkanes of at least 4 members (excludes halogenated alkanes) is 1. The zero-order valence-corrected chi connectivity index (χ0v) is 16.7. The molecule has 0 aliphatic carbocycles. The van der Waals surface area contributed by atoms with Crippen molar-refractivity contribution in [3.05, 3.63) is 84.1 Å². The fourth-order valence-corrected chi connectivity index (χ4v) is 4.32. The molecular weight excluding hydrogens is 334 g/mol. The van der Waals surface area contributed by atoms with Gasteiger partial charge in [0.2, 0.25) is 0 Å². The Kier molecular flexibility index (Phi) is 10.0. The van der Waals surface area contributed by atoms with Crippen LogP contribution in [0.2, 0.25) is 0 Å². The maximum atomic E-state index is 5.70. The third kappa shape index (κ3) is 9.15. The molecule has 2 N–H and O–H groups in total. The van der Waals surface area contributed by atoms with Crippen molar-refractivity contribution in [1.29, 1.82) is 0 Å². The van der Waals surface area contributed by atoms with Crippen LogP contribution < -0.4 is 5.73 Å². The van der Waals surface area contributed by atoms with Crippen LogP contribution in [0.3, 0.4) is 0 Å². The molecule has 1 unspecified atom stereocenters. The topological polar surface area (TPSA) is 26.0 Å². The maximum absolute atomic E-state index is 5.70. The van der Waals surface area contributed by atoms with Gasteiger partial charge in [-0.3, -0.25) is 0 Å². The molecule has 0 heterocycles. The number of allylic oxidation sites excluding steroid dienone is 1. The summed E-state index contributed by atoms with van der Waals surface area (Å²) in [6, 6.07) is 21.7. The van der Waals surface area contributed by atoms with Crippen molar-refractivity contribution in [2.45, 2.75) is 50.7 Å². The van der Waals surface area contributed by atoms with E-state index >= 15 is 0 Å². The van der Waals surface area contributed by atoms with Crippen LogP contribution in [0.1, 0.15) is 49.7 Å². The van der Waals surface area contributed by atoms with Crippen LogP contribution in [0.25, 0.3) is 0 Å². The Morgan fingerprint density at radius 1 is 0.846 bits per heavy atom. The lowest BCUT2D eigenvalue weighted by Crippen LogP contribution is -2.05. The zero-order chi connectivity index (χ0) is 18.5. The highest BCUT2D eigenvalue weighted by Gasteiger charge is 2.09. The first-order valence-electron chi connectivity index (χ1n) is 9.83. The van der Waals surface area contributed by atoms with Gasteiger partial charge in [-0.1, -0.05) is 80.1 Å². The van der Waals surface area contributed by atoms with Gasteiger partial charge >= 0.3 is 0 Å². The first kappa shape index (κ1) is 20.6.